The second-order valence-electron chi connectivity index (χ2n) is 7.00. The average Bonchev–Trinajstić information content (AvgIpc) is 3.39. The highest BCUT2D eigenvalue weighted by molar-refractivity contribution is 7.18. The number of benzene rings is 2. The summed E-state index contributed by atoms with van der Waals surface area (Å²) < 4.78 is 13.8. The third-order valence-corrected chi connectivity index (χ3v) is 6.02. The summed E-state index contributed by atoms with van der Waals surface area (Å²) in [6.07, 6.45) is 3.61. The van der Waals surface area contributed by atoms with Crippen molar-refractivity contribution in [1.82, 2.24) is 14.8 Å². The van der Waals surface area contributed by atoms with Crippen LogP contribution >= 0.6 is 11.3 Å². The fourth-order valence-electron chi connectivity index (χ4n) is 3.44. The van der Waals surface area contributed by atoms with Gasteiger partial charge in [-0.05, 0) is 31.0 Å². The third kappa shape index (κ3) is 4.86. The maximum atomic E-state index is 12.5. The highest BCUT2D eigenvalue weighted by Crippen LogP contribution is 2.31. The van der Waals surface area contributed by atoms with Crippen molar-refractivity contribution in [3.05, 3.63) is 65.3 Å². The molecule has 0 fully saturated rings. The molecule has 2 aromatic carbocycles. The number of amides is 1. The van der Waals surface area contributed by atoms with Gasteiger partial charge in [0.2, 0.25) is 5.91 Å². The zero-order chi connectivity index (χ0) is 21.6. The zero-order valence-electron chi connectivity index (χ0n) is 17.5. The minimum atomic E-state index is -0.0412. The summed E-state index contributed by atoms with van der Waals surface area (Å²) in [5, 5.41) is 8.37. The molecule has 4 rings (SSSR count). The number of aromatic nitrogens is 3. The van der Waals surface area contributed by atoms with Crippen molar-refractivity contribution in [1.29, 1.82) is 0 Å². The van der Waals surface area contributed by atoms with E-state index < -0.39 is 0 Å². The van der Waals surface area contributed by atoms with Crippen molar-refractivity contribution in [2.45, 2.75) is 25.8 Å². The summed E-state index contributed by atoms with van der Waals surface area (Å²) in [6, 6.07) is 15.6. The Morgan fingerprint density at radius 2 is 1.97 bits per heavy atom. The predicted molar refractivity (Wildman–Crippen MR) is 122 cm³/mol. The van der Waals surface area contributed by atoms with Crippen LogP contribution in [0.15, 0.2) is 54.7 Å². The lowest BCUT2D eigenvalue weighted by atomic mass is 10.2. The van der Waals surface area contributed by atoms with Gasteiger partial charge in [-0.1, -0.05) is 24.3 Å². The van der Waals surface area contributed by atoms with Crippen molar-refractivity contribution >= 4 is 33.3 Å². The summed E-state index contributed by atoms with van der Waals surface area (Å²) in [7, 11) is 3.22. The number of hydrogen-bond acceptors (Lipinski definition) is 6. The minimum absolute atomic E-state index is 0.0412. The average molecular weight is 437 g/mol. The number of hydrogen-bond donors (Lipinski definition) is 1. The van der Waals surface area contributed by atoms with Crippen LogP contribution in [0.4, 0.5) is 5.82 Å². The highest BCUT2D eigenvalue weighted by Gasteiger charge is 2.13. The van der Waals surface area contributed by atoms with Crippen molar-refractivity contribution in [3.8, 4) is 11.5 Å². The van der Waals surface area contributed by atoms with E-state index in [-0.39, 0.29) is 5.91 Å². The minimum Gasteiger partial charge on any atom is -0.493 e. The van der Waals surface area contributed by atoms with E-state index in [0.717, 1.165) is 28.9 Å². The third-order valence-electron chi connectivity index (χ3n) is 4.92. The Balaban J connectivity index is 1.35. The van der Waals surface area contributed by atoms with Gasteiger partial charge in [-0.3, -0.25) is 4.79 Å². The Morgan fingerprint density at radius 1 is 1.10 bits per heavy atom. The van der Waals surface area contributed by atoms with Crippen molar-refractivity contribution in [2.24, 2.45) is 0 Å². The molecule has 4 aromatic rings. The monoisotopic (exact) mass is 436 g/mol. The maximum absolute atomic E-state index is 12.5. The van der Waals surface area contributed by atoms with Crippen molar-refractivity contribution < 1.29 is 14.3 Å². The molecule has 0 aliphatic rings. The van der Waals surface area contributed by atoms with Crippen molar-refractivity contribution in [2.75, 3.05) is 19.5 Å². The molecule has 0 saturated carbocycles. The van der Waals surface area contributed by atoms with Gasteiger partial charge in [-0.25, -0.2) is 9.67 Å². The Morgan fingerprint density at radius 3 is 2.77 bits per heavy atom. The number of nitrogens with one attached hydrogen (secondary N) is 1. The number of carbonyl (C=O) groups is 1. The Hall–Kier alpha value is -3.39. The molecule has 2 aromatic heterocycles. The molecule has 7 nitrogen and oxygen atoms in total. The molecule has 160 valence electrons. The maximum Gasteiger partial charge on any atom is 0.225 e. The van der Waals surface area contributed by atoms with Gasteiger partial charge in [0, 0.05) is 18.1 Å². The normalized spacial score (nSPS) is 10.9. The van der Waals surface area contributed by atoms with E-state index in [1.54, 1.807) is 42.5 Å². The lowest BCUT2D eigenvalue weighted by Gasteiger charge is -2.14. The largest absolute Gasteiger partial charge is 0.493 e. The molecule has 0 spiro atoms. The standard InChI is InChI=1S/C23H24N4O3S/c1-29-18-9-5-7-16(23(18)30-2)15-27-20(13-14-24-27)26-21(28)11-6-12-22-25-17-8-3-4-10-19(17)31-22/h3-5,7-10,13-14H,6,11-12,15H2,1-2H3,(H,26,28). The van der Waals surface area contributed by atoms with Crippen molar-refractivity contribution in [3.63, 3.8) is 0 Å². The lowest BCUT2D eigenvalue weighted by molar-refractivity contribution is -0.116. The van der Waals surface area contributed by atoms with Gasteiger partial charge in [0.05, 0.1) is 42.2 Å². The highest BCUT2D eigenvalue weighted by atomic mass is 32.1. The van der Waals surface area contributed by atoms with E-state index in [2.05, 4.69) is 21.5 Å². The predicted octanol–water partition coefficient (Wildman–Crippen LogP) is 4.52. The molecule has 0 atom stereocenters. The molecule has 8 heteroatoms. The van der Waals surface area contributed by atoms with E-state index in [1.807, 2.05) is 36.4 Å². The Bertz CT molecular complexity index is 1150. The van der Waals surface area contributed by atoms with E-state index in [4.69, 9.17) is 9.47 Å². The SMILES string of the molecule is COc1cccc(Cn2nccc2NC(=O)CCCc2nc3ccccc3s2)c1OC. The number of fused-ring (bicyclic) bond motifs is 1. The second-order valence-corrected chi connectivity index (χ2v) is 8.12. The first-order valence-electron chi connectivity index (χ1n) is 10.0. The molecule has 0 radical (unpaired) electrons. The number of ether oxygens (including phenoxy) is 2. The smallest absolute Gasteiger partial charge is 0.225 e. The van der Waals surface area contributed by atoms with E-state index in [0.29, 0.717) is 30.3 Å². The Labute approximate surface area is 184 Å². The summed E-state index contributed by atoms with van der Waals surface area (Å²) in [5.41, 5.74) is 1.93. The fraction of sp³-hybridized carbons (Fsp3) is 0.261. The summed E-state index contributed by atoms with van der Waals surface area (Å²) in [6.45, 7) is 0.453. The van der Waals surface area contributed by atoms with E-state index in [1.165, 1.54) is 4.70 Å². The van der Waals surface area contributed by atoms with Crippen LogP contribution in [0.3, 0.4) is 0 Å². The molecule has 2 heterocycles. The number of para-hydroxylation sites is 2. The van der Waals surface area contributed by atoms with E-state index >= 15 is 0 Å². The molecular formula is C23H24N4O3S. The van der Waals surface area contributed by atoms with Crippen LogP contribution in [-0.4, -0.2) is 34.9 Å². The molecule has 0 aliphatic carbocycles. The zero-order valence-corrected chi connectivity index (χ0v) is 18.3. The van der Waals surface area contributed by atoms with Crippen LogP contribution in [0, 0.1) is 0 Å². The van der Waals surface area contributed by atoms with Gasteiger partial charge < -0.3 is 14.8 Å². The summed E-state index contributed by atoms with van der Waals surface area (Å²) >= 11 is 1.69. The lowest BCUT2D eigenvalue weighted by Crippen LogP contribution is -2.16. The molecule has 31 heavy (non-hydrogen) atoms. The molecule has 0 saturated heterocycles. The quantitative estimate of drug-likeness (QED) is 0.417. The molecule has 0 aliphatic heterocycles. The van der Waals surface area contributed by atoms with Gasteiger partial charge >= 0.3 is 0 Å². The number of rotatable bonds is 9. The summed E-state index contributed by atoms with van der Waals surface area (Å²) in [4.78, 5) is 17.1. The first kappa shape index (κ1) is 20.9. The van der Waals surface area contributed by atoms with Crippen LogP contribution in [0.25, 0.3) is 10.2 Å². The first-order valence-corrected chi connectivity index (χ1v) is 10.9. The molecule has 0 unspecified atom stereocenters. The fourth-order valence-corrected chi connectivity index (χ4v) is 4.45. The molecule has 1 N–H and O–H groups in total. The van der Waals surface area contributed by atoms with Gasteiger partial charge in [0.1, 0.15) is 5.82 Å². The molecular weight excluding hydrogens is 412 g/mol. The number of nitrogens with zero attached hydrogens (tertiary/aromatic N) is 3. The number of carbonyl (C=O) groups excluding carboxylic acids is 1. The van der Waals surface area contributed by atoms with Gasteiger partial charge in [0.15, 0.2) is 11.5 Å². The first-order chi connectivity index (χ1) is 15.2. The van der Waals surface area contributed by atoms with Crippen LogP contribution in [0.1, 0.15) is 23.4 Å². The van der Waals surface area contributed by atoms with Gasteiger partial charge in [-0.2, -0.15) is 5.10 Å². The van der Waals surface area contributed by atoms with Crippen LogP contribution in [0.5, 0.6) is 11.5 Å². The number of thiazole rings is 1. The topological polar surface area (TPSA) is 78.3 Å². The number of methoxy groups -OCH3 is 2. The molecule has 1 amide bonds. The van der Waals surface area contributed by atoms with Gasteiger partial charge in [0.25, 0.3) is 0 Å². The van der Waals surface area contributed by atoms with Crippen LogP contribution in [-0.2, 0) is 17.8 Å². The summed E-state index contributed by atoms with van der Waals surface area (Å²) in [5.74, 6) is 1.93. The number of aryl methyl sites for hydroxylation is 1. The number of anilines is 1. The van der Waals surface area contributed by atoms with Crippen LogP contribution in [0.2, 0.25) is 0 Å². The molecule has 0 bridgehead atoms. The van der Waals surface area contributed by atoms with E-state index in [9.17, 15) is 4.79 Å². The Kier molecular flexibility index (Phi) is 6.47. The van der Waals surface area contributed by atoms with Crippen LogP contribution < -0.4 is 14.8 Å². The second kappa shape index (κ2) is 9.61. The van der Waals surface area contributed by atoms with Gasteiger partial charge in [-0.15, -0.1) is 11.3 Å².